The van der Waals surface area contributed by atoms with Crippen molar-refractivity contribution in [1.29, 1.82) is 0 Å². The van der Waals surface area contributed by atoms with Crippen LogP contribution in [0, 0.1) is 5.92 Å². The molecular formula is C19H36O4. The van der Waals surface area contributed by atoms with Crippen molar-refractivity contribution in [3.8, 4) is 0 Å². The smallest absolute Gasteiger partial charge is 0.303 e. The lowest BCUT2D eigenvalue weighted by Gasteiger charge is -2.14. The molecule has 0 saturated carbocycles. The van der Waals surface area contributed by atoms with E-state index in [1.54, 1.807) is 6.92 Å². The van der Waals surface area contributed by atoms with E-state index < -0.39 is 5.97 Å². The van der Waals surface area contributed by atoms with Crippen molar-refractivity contribution in [1.82, 2.24) is 0 Å². The molecule has 0 aliphatic rings. The van der Waals surface area contributed by atoms with Gasteiger partial charge in [0.2, 0.25) is 0 Å². The fourth-order valence-corrected chi connectivity index (χ4v) is 2.93. The van der Waals surface area contributed by atoms with Gasteiger partial charge < -0.3 is 10.2 Å². The fraction of sp³-hybridized carbons (Fsp3) is 0.895. The summed E-state index contributed by atoms with van der Waals surface area (Å²) >= 11 is 0. The number of carboxylic acids is 1. The number of carboxylic acid groups (broad SMARTS) is 1. The zero-order chi connectivity index (χ0) is 17.5. The van der Waals surface area contributed by atoms with Crippen LogP contribution in [0.3, 0.4) is 0 Å². The first-order valence-electron chi connectivity index (χ1n) is 9.37. The van der Waals surface area contributed by atoms with Gasteiger partial charge in [0.05, 0.1) is 6.10 Å². The lowest BCUT2D eigenvalue weighted by Crippen LogP contribution is -2.12. The molecule has 0 spiro atoms. The van der Waals surface area contributed by atoms with Gasteiger partial charge in [0.25, 0.3) is 0 Å². The van der Waals surface area contributed by atoms with E-state index in [-0.39, 0.29) is 24.2 Å². The minimum Gasteiger partial charge on any atom is -0.481 e. The number of aliphatic carboxylic acids is 1. The summed E-state index contributed by atoms with van der Waals surface area (Å²) in [5.41, 5.74) is 0. The zero-order valence-electron chi connectivity index (χ0n) is 15.1. The van der Waals surface area contributed by atoms with E-state index in [0.29, 0.717) is 0 Å². The number of aliphatic hydroxyl groups is 1. The van der Waals surface area contributed by atoms with Gasteiger partial charge in [0.15, 0.2) is 0 Å². The maximum absolute atomic E-state index is 11.7. The summed E-state index contributed by atoms with van der Waals surface area (Å²) in [4.78, 5) is 22.1. The van der Waals surface area contributed by atoms with Gasteiger partial charge >= 0.3 is 5.97 Å². The molecule has 2 N–H and O–H groups in total. The third-order valence-corrected chi connectivity index (χ3v) is 4.50. The topological polar surface area (TPSA) is 74.6 Å². The van der Waals surface area contributed by atoms with Crippen molar-refractivity contribution < 1.29 is 19.8 Å². The van der Waals surface area contributed by atoms with E-state index >= 15 is 0 Å². The van der Waals surface area contributed by atoms with E-state index in [2.05, 4.69) is 6.92 Å². The highest BCUT2D eigenvalue weighted by atomic mass is 16.4. The molecule has 0 unspecified atom stereocenters. The first-order valence-corrected chi connectivity index (χ1v) is 9.37. The second kappa shape index (κ2) is 14.7. The second-order valence-electron chi connectivity index (χ2n) is 6.73. The summed E-state index contributed by atoms with van der Waals surface area (Å²) in [5, 5.41) is 18.4. The van der Waals surface area contributed by atoms with Gasteiger partial charge in [-0.15, -0.1) is 0 Å². The Kier molecular flexibility index (Phi) is 14.1. The monoisotopic (exact) mass is 328 g/mol. The molecule has 4 heteroatoms. The quantitative estimate of drug-likeness (QED) is 0.402. The van der Waals surface area contributed by atoms with E-state index in [4.69, 9.17) is 5.11 Å². The van der Waals surface area contributed by atoms with E-state index in [1.165, 1.54) is 0 Å². The predicted molar refractivity (Wildman–Crippen MR) is 93.5 cm³/mol. The van der Waals surface area contributed by atoms with Crippen LogP contribution in [-0.2, 0) is 9.59 Å². The number of unbranched alkanes of at least 4 members (excludes halogenated alkanes) is 5. The summed E-state index contributed by atoms with van der Waals surface area (Å²) in [7, 11) is 0. The molecule has 136 valence electrons. The van der Waals surface area contributed by atoms with Crippen LogP contribution >= 0.6 is 0 Å². The van der Waals surface area contributed by atoms with Crippen molar-refractivity contribution in [2.24, 2.45) is 5.92 Å². The minimum atomic E-state index is -0.729. The number of ketones is 1. The predicted octanol–water partition coefficient (Wildman–Crippen LogP) is 4.73. The van der Waals surface area contributed by atoms with Gasteiger partial charge in [-0.3, -0.25) is 9.59 Å². The number of rotatable bonds is 16. The summed E-state index contributed by atoms with van der Waals surface area (Å²) in [6.45, 7) is 3.80. The van der Waals surface area contributed by atoms with E-state index in [0.717, 1.165) is 77.0 Å². The fourth-order valence-electron chi connectivity index (χ4n) is 2.93. The lowest BCUT2D eigenvalue weighted by atomic mass is 9.91. The Hall–Kier alpha value is -0.900. The summed E-state index contributed by atoms with van der Waals surface area (Å²) in [6.07, 6.45) is 11.5. The summed E-state index contributed by atoms with van der Waals surface area (Å²) in [6, 6.07) is 0. The molecule has 0 fully saturated rings. The maximum Gasteiger partial charge on any atom is 0.303 e. The lowest BCUT2D eigenvalue weighted by molar-refractivity contribution is -0.137. The van der Waals surface area contributed by atoms with Crippen molar-refractivity contribution in [3.05, 3.63) is 0 Å². The molecule has 0 saturated heterocycles. The van der Waals surface area contributed by atoms with Gasteiger partial charge in [-0.2, -0.15) is 0 Å². The maximum atomic E-state index is 11.7. The molecule has 0 amide bonds. The summed E-state index contributed by atoms with van der Waals surface area (Å²) < 4.78 is 0. The molecule has 0 aromatic rings. The molecule has 0 heterocycles. The van der Waals surface area contributed by atoms with Gasteiger partial charge in [0.1, 0.15) is 5.78 Å². The van der Waals surface area contributed by atoms with Gasteiger partial charge in [0, 0.05) is 12.3 Å². The Labute approximate surface area is 141 Å². The average Bonchev–Trinajstić information content (AvgIpc) is 2.49. The van der Waals surface area contributed by atoms with Gasteiger partial charge in [-0.25, -0.2) is 0 Å². The highest BCUT2D eigenvalue weighted by molar-refractivity contribution is 5.78. The number of carbonyl (C=O) groups is 2. The third kappa shape index (κ3) is 14.4. The zero-order valence-corrected chi connectivity index (χ0v) is 15.1. The second-order valence-corrected chi connectivity index (χ2v) is 6.73. The number of hydrogen-bond donors (Lipinski definition) is 2. The highest BCUT2D eigenvalue weighted by Crippen LogP contribution is 2.20. The molecule has 0 aliphatic carbocycles. The van der Waals surface area contributed by atoms with Crippen LogP contribution in [0.5, 0.6) is 0 Å². The number of hydrogen-bond acceptors (Lipinski definition) is 3. The number of aliphatic hydroxyl groups excluding tert-OH is 1. The first-order chi connectivity index (χ1) is 11.0. The van der Waals surface area contributed by atoms with Crippen LogP contribution in [-0.4, -0.2) is 28.1 Å². The normalized spacial score (nSPS) is 13.7. The van der Waals surface area contributed by atoms with Gasteiger partial charge in [-0.05, 0) is 39.0 Å². The SMILES string of the molecule is CCCC[C@@H](O)CCCC[C@@H](CCCCCCC(=O)O)C(C)=O. The molecule has 0 aliphatic heterocycles. The third-order valence-electron chi connectivity index (χ3n) is 4.50. The molecular weight excluding hydrogens is 292 g/mol. The largest absolute Gasteiger partial charge is 0.481 e. The molecule has 0 bridgehead atoms. The van der Waals surface area contributed by atoms with Crippen LogP contribution in [0.2, 0.25) is 0 Å². The molecule has 0 rings (SSSR count). The molecule has 23 heavy (non-hydrogen) atoms. The molecule has 0 aromatic carbocycles. The Balaban J connectivity index is 3.70. The molecule has 0 aromatic heterocycles. The van der Waals surface area contributed by atoms with Gasteiger partial charge in [-0.1, -0.05) is 51.9 Å². The van der Waals surface area contributed by atoms with Crippen LogP contribution in [0.15, 0.2) is 0 Å². The van der Waals surface area contributed by atoms with E-state index in [1.807, 2.05) is 0 Å². The Morgan fingerprint density at radius 3 is 1.91 bits per heavy atom. The van der Waals surface area contributed by atoms with Crippen LogP contribution in [0.4, 0.5) is 0 Å². The van der Waals surface area contributed by atoms with Crippen molar-refractivity contribution in [3.63, 3.8) is 0 Å². The van der Waals surface area contributed by atoms with Crippen molar-refractivity contribution in [2.45, 2.75) is 103 Å². The standard InChI is InChI=1S/C19H36O4/c1-3-4-13-18(21)14-10-9-12-17(16(2)20)11-7-5-6-8-15-19(22)23/h17-18,21H,3-15H2,1-2H3,(H,22,23)/t17-,18-/m1/s1. The highest BCUT2D eigenvalue weighted by Gasteiger charge is 2.14. The molecule has 4 nitrogen and oxygen atoms in total. The average molecular weight is 328 g/mol. The van der Waals surface area contributed by atoms with E-state index in [9.17, 15) is 14.7 Å². The number of carbonyl (C=O) groups excluding carboxylic acids is 1. The Morgan fingerprint density at radius 2 is 1.35 bits per heavy atom. The van der Waals surface area contributed by atoms with Crippen LogP contribution in [0.1, 0.15) is 97.3 Å². The van der Waals surface area contributed by atoms with Crippen LogP contribution in [0.25, 0.3) is 0 Å². The number of Topliss-reactive ketones (excluding diaryl/α,β-unsaturated/α-hetero) is 1. The minimum absolute atomic E-state index is 0.141. The van der Waals surface area contributed by atoms with Crippen LogP contribution < -0.4 is 0 Å². The van der Waals surface area contributed by atoms with Crippen molar-refractivity contribution >= 4 is 11.8 Å². The molecule has 2 atom stereocenters. The molecule has 0 radical (unpaired) electrons. The first kappa shape index (κ1) is 22.1. The Bertz CT molecular complexity index is 314. The summed E-state index contributed by atoms with van der Waals surface area (Å²) in [5.74, 6) is -0.322. The van der Waals surface area contributed by atoms with Crippen molar-refractivity contribution in [2.75, 3.05) is 0 Å². The Morgan fingerprint density at radius 1 is 0.826 bits per heavy atom.